The van der Waals surface area contributed by atoms with Crippen molar-refractivity contribution in [3.63, 3.8) is 0 Å². The number of hydrogen-bond acceptors (Lipinski definition) is 6. The summed E-state index contributed by atoms with van der Waals surface area (Å²) in [6.07, 6.45) is 3.40. The van der Waals surface area contributed by atoms with Crippen LogP contribution in [-0.4, -0.2) is 51.7 Å². The molecular formula is C18H20N4O3S. The number of piperazine rings is 1. The van der Waals surface area contributed by atoms with Crippen molar-refractivity contribution in [2.24, 2.45) is 0 Å². The van der Waals surface area contributed by atoms with Crippen LogP contribution in [0.25, 0.3) is 11.0 Å². The molecule has 7 nitrogen and oxygen atoms in total. The van der Waals surface area contributed by atoms with Crippen molar-refractivity contribution in [3.8, 4) is 5.75 Å². The summed E-state index contributed by atoms with van der Waals surface area (Å²) in [4.78, 5) is 10.2. The van der Waals surface area contributed by atoms with Crippen LogP contribution in [0.1, 0.15) is 0 Å². The van der Waals surface area contributed by atoms with E-state index in [1.165, 1.54) is 0 Å². The number of benzene rings is 1. The third-order valence-electron chi connectivity index (χ3n) is 4.63. The van der Waals surface area contributed by atoms with E-state index in [9.17, 15) is 8.42 Å². The second-order valence-corrected chi connectivity index (χ2v) is 8.04. The van der Waals surface area contributed by atoms with Crippen LogP contribution < -0.4 is 15.0 Å². The highest BCUT2D eigenvalue weighted by molar-refractivity contribution is 7.91. The molecule has 4 rings (SSSR count). The van der Waals surface area contributed by atoms with Gasteiger partial charge in [0.2, 0.25) is 9.84 Å². The number of sulfone groups is 1. The van der Waals surface area contributed by atoms with Gasteiger partial charge in [-0.15, -0.1) is 0 Å². The first-order valence-electron chi connectivity index (χ1n) is 8.42. The molecule has 2 aromatic heterocycles. The zero-order valence-corrected chi connectivity index (χ0v) is 15.2. The van der Waals surface area contributed by atoms with E-state index >= 15 is 0 Å². The summed E-state index contributed by atoms with van der Waals surface area (Å²) >= 11 is 0. The van der Waals surface area contributed by atoms with Crippen LogP contribution in [0.15, 0.2) is 52.5 Å². The lowest BCUT2D eigenvalue weighted by Crippen LogP contribution is -2.43. The minimum Gasteiger partial charge on any atom is -0.497 e. The average molecular weight is 372 g/mol. The smallest absolute Gasteiger partial charge is 0.208 e. The topological polar surface area (TPSA) is 87.3 Å². The van der Waals surface area contributed by atoms with Gasteiger partial charge in [-0.25, -0.2) is 8.42 Å². The molecule has 136 valence electrons. The maximum absolute atomic E-state index is 13.1. The van der Waals surface area contributed by atoms with Gasteiger partial charge in [-0.05, 0) is 30.3 Å². The van der Waals surface area contributed by atoms with Gasteiger partial charge in [0.1, 0.15) is 11.3 Å². The standard InChI is InChI=1S/C18H20N4O3S/c1-25-13-2-4-14(5-3-13)26(23,24)16-6-7-20-17-15(12-21-18(16)17)22-10-8-19-9-11-22/h2-7,12,19,21H,8-11H2,1H3. The number of rotatable bonds is 4. The molecule has 0 radical (unpaired) electrons. The van der Waals surface area contributed by atoms with Gasteiger partial charge in [-0.2, -0.15) is 0 Å². The molecule has 3 aromatic rings. The van der Waals surface area contributed by atoms with Gasteiger partial charge in [0, 0.05) is 38.6 Å². The van der Waals surface area contributed by atoms with E-state index in [1.54, 1.807) is 43.6 Å². The Morgan fingerprint density at radius 3 is 2.54 bits per heavy atom. The maximum Gasteiger partial charge on any atom is 0.208 e. The largest absolute Gasteiger partial charge is 0.497 e. The molecule has 1 fully saturated rings. The van der Waals surface area contributed by atoms with E-state index in [4.69, 9.17) is 4.74 Å². The van der Waals surface area contributed by atoms with Crippen molar-refractivity contribution >= 4 is 26.6 Å². The van der Waals surface area contributed by atoms with Gasteiger partial charge in [0.15, 0.2) is 0 Å². The van der Waals surface area contributed by atoms with E-state index in [1.807, 2.05) is 6.20 Å². The first kappa shape index (κ1) is 16.9. The van der Waals surface area contributed by atoms with Crippen molar-refractivity contribution in [1.29, 1.82) is 0 Å². The molecule has 1 aromatic carbocycles. The SMILES string of the molecule is COc1ccc(S(=O)(=O)c2ccnc3c(N4CCNCC4)c[nH]c23)cc1. The number of hydrogen-bond donors (Lipinski definition) is 2. The number of ether oxygens (including phenoxy) is 1. The van der Waals surface area contributed by atoms with Crippen LogP contribution >= 0.6 is 0 Å². The van der Waals surface area contributed by atoms with Crippen LogP contribution in [-0.2, 0) is 9.84 Å². The van der Waals surface area contributed by atoms with E-state index < -0.39 is 9.84 Å². The fourth-order valence-corrected chi connectivity index (χ4v) is 4.65. The van der Waals surface area contributed by atoms with Crippen LogP contribution in [0.3, 0.4) is 0 Å². The van der Waals surface area contributed by atoms with Crippen molar-refractivity contribution in [2.75, 3.05) is 38.2 Å². The highest BCUT2D eigenvalue weighted by Gasteiger charge is 2.24. The molecule has 0 aliphatic carbocycles. The molecule has 1 aliphatic heterocycles. The number of H-pyrrole nitrogens is 1. The summed E-state index contributed by atoms with van der Waals surface area (Å²) in [6.45, 7) is 3.53. The molecule has 0 saturated carbocycles. The Hall–Kier alpha value is -2.58. The quantitative estimate of drug-likeness (QED) is 0.726. The molecule has 1 aliphatic rings. The van der Waals surface area contributed by atoms with E-state index in [0.717, 1.165) is 31.9 Å². The molecular weight excluding hydrogens is 352 g/mol. The van der Waals surface area contributed by atoms with Crippen LogP contribution in [0.4, 0.5) is 5.69 Å². The number of aromatic amines is 1. The Labute approximate surface area is 151 Å². The van der Waals surface area contributed by atoms with Gasteiger partial charge in [-0.3, -0.25) is 4.98 Å². The Morgan fingerprint density at radius 1 is 1.12 bits per heavy atom. The zero-order chi connectivity index (χ0) is 18.1. The normalized spacial score (nSPS) is 15.3. The summed E-state index contributed by atoms with van der Waals surface area (Å²) in [7, 11) is -2.12. The number of nitrogens with one attached hydrogen (secondary N) is 2. The van der Waals surface area contributed by atoms with Crippen molar-refractivity contribution in [3.05, 3.63) is 42.7 Å². The fraction of sp³-hybridized carbons (Fsp3) is 0.278. The third kappa shape index (κ3) is 2.81. The maximum atomic E-state index is 13.1. The molecule has 0 bridgehead atoms. The van der Waals surface area contributed by atoms with Gasteiger partial charge < -0.3 is 19.9 Å². The molecule has 0 atom stereocenters. The minimum atomic E-state index is -3.67. The first-order valence-corrected chi connectivity index (χ1v) is 9.90. The third-order valence-corrected chi connectivity index (χ3v) is 6.44. The van der Waals surface area contributed by atoms with E-state index in [0.29, 0.717) is 16.8 Å². The van der Waals surface area contributed by atoms with Gasteiger partial charge in [0.05, 0.1) is 28.1 Å². The van der Waals surface area contributed by atoms with Crippen molar-refractivity contribution in [1.82, 2.24) is 15.3 Å². The lowest BCUT2D eigenvalue weighted by Gasteiger charge is -2.28. The van der Waals surface area contributed by atoms with Crippen LogP contribution in [0, 0.1) is 0 Å². The lowest BCUT2D eigenvalue weighted by molar-refractivity contribution is 0.414. The molecule has 0 unspecified atom stereocenters. The zero-order valence-electron chi connectivity index (χ0n) is 14.4. The van der Waals surface area contributed by atoms with E-state index in [2.05, 4.69) is 20.2 Å². The molecule has 1 saturated heterocycles. The summed E-state index contributed by atoms with van der Waals surface area (Å²) in [6, 6.07) is 7.94. The number of anilines is 1. The molecule has 0 amide bonds. The fourth-order valence-electron chi connectivity index (χ4n) is 3.24. The molecule has 2 N–H and O–H groups in total. The Bertz CT molecular complexity index is 1020. The Kier molecular flexibility index (Phi) is 4.29. The summed E-state index contributed by atoms with van der Waals surface area (Å²) < 4.78 is 31.3. The number of pyridine rings is 1. The number of methoxy groups -OCH3 is 1. The summed E-state index contributed by atoms with van der Waals surface area (Å²) in [5, 5.41) is 3.31. The number of fused-ring (bicyclic) bond motifs is 1. The molecule has 0 spiro atoms. The van der Waals surface area contributed by atoms with Crippen LogP contribution in [0.2, 0.25) is 0 Å². The first-order chi connectivity index (χ1) is 12.6. The average Bonchev–Trinajstić information content (AvgIpc) is 3.12. The number of aromatic nitrogens is 2. The van der Waals surface area contributed by atoms with Crippen LogP contribution in [0.5, 0.6) is 5.75 Å². The van der Waals surface area contributed by atoms with Gasteiger partial charge >= 0.3 is 0 Å². The lowest BCUT2D eigenvalue weighted by atomic mass is 10.3. The Balaban J connectivity index is 1.79. The summed E-state index contributed by atoms with van der Waals surface area (Å²) in [5.41, 5.74) is 2.16. The second kappa shape index (κ2) is 6.62. The predicted molar refractivity (Wildman–Crippen MR) is 99.6 cm³/mol. The molecule has 8 heteroatoms. The second-order valence-electron chi connectivity index (χ2n) is 6.12. The number of nitrogens with zero attached hydrogens (tertiary/aromatic N) is 2. The monoisotopic (exact) mass is 372 g/mol. The Morgan fingerprint density at radius 2 is 1.85 bits per heavy atom. The van der Waals surface area contributed by atoms with Gasteiger partial charge in [-0.1, -0.05) is 0 Å². The summed E-state index contributed by atoms with van der Waals surface area (Å²) in [5.74, 6) is 0.615. The highest BCUT2D eigenvalue weighted by atomic mass is 32.2. The highest BCUT2D eigenvalue weighted by Crippen LogP contribution is 2.32. The molecule has 3 heterocycles. The van der Waals surface area contributed by atoms with E-state index in [-0.39, 0.29) is 9.79 Å². The molecule has 26 heavy (non-hydrogen) atoms. The van der Waals surface area contributed by atoms with Crippen molar-refractivity contribution in [2.45, 2.75) is 9.79 Å². The van der Waals surface area contributed by atoms with Gasteiger partial charge in [0.25, 0.3) is 0 Å². The van der Waals surface area contributed by atoms with Crippen molar-refractivity contribution < 1.29 is 13.2 Å². The minimum absolute atomic E-state index is 0.226. The predicted octanol–water partition coefficient (Wildman–Crippen LogP) is 1.81.